The van der Waals surface area contributed by atoms with Gasteiger partial charge in [-0.2, -0.15) is 0 Å². The van der Waals surface area contributed by atoms with Crippen molar-refractivity contribution in [3.8, 4) is 5.75 Å². The molecule has 2 heterocycles. The van der Waals surface area contributed by atoms with Crippen molar-refractivity contribution >= 4 is 11.6 Å². The van der Waals surface area contributed by atoms with Crippen LogP contribution in [0, 0.1) is 11.6 Å². The van der Waals surface area contributed by atoms with Crippen molar-refractivity contribution < 1.29 is 28.5 Å². The Bertz CT molecular complexity index is 1030. The summed E-state index contributed by atoms with van der Waals surface area (Å²) in [6, 6.07) is 12.3. The van der Waals surface area contributed by atoms with E-state index in [-0.39, 0.29) is 31.4 Å². The van der Waals surface area contributed by atoms with Crippen LogP contribution in [-0.4, -0.2) is 89.5 Å². The smallest absolute Gasteiger partial charge is 0.219 e. The molecular formula is C26H33F2N3O4. The minimum Gasteiger partial charge on any atom is -0.490 e. The largest absolute Gasteiger partial charge is 0.490 e. The Labute approximate surface area is 204 Å². The molecule has 9 heteroatoms. The first-order chi connectivity index (χ1) is 16.6. The number of para-hydroxylation sites is 1. The van der Waals surface area contributed by atoms with Gasteiger partial charge in [-0.05, 0) is 37.1 Å². The van der Waals surface area contributed by atoms with E-state index in [9.17, 15) is 23.8 Å². The second-order valence-corrected chi connectivity index (χ2v) is 9.78. The van der Waals surface area contributed by atoms with E-state index in [0.29, 0.717) is 57.0 Å². The maximum absolute atomic E-state index is 14.2. The maximum Gasteiger partial charge on any atom is 0.219 e. The van der Waals surface area contributed by atoms with E-state index in [0.717, 1.165) is 0 Å². The highest BCUT2D eigenvalue weighted by Gasteiger charge is 2.41. The number of benzene rings is 2. The summed E-state index contributed by atoms with van der Waals surface area (Å²) in [4.78, 5) is 17.6. The summed E-state index contributed by atoms with van der Waals surface area (Å²) < 4.78 is 33.4. The number of carbonyl (C=O) groups is 1. The lowest BCUT2D eigenvalue weighted by Crippen LogP contribution is -2.56. The molecular weight excluding hydrogens is 456 g/mol. The van der Waals surface area contributed by atoms with Gasteiger partial charge >= 0.3 is 0 Å². The molecule has 1 atom stereocenters. The number of β-amino-alcohol motifs (C(OH)–C–C–N with tert-alkyl or cyclic N) is 2. The molecule has 2 fully saturated rings. The van der Waals surface area contributed by atoms with Crippen LogP contribution in [0.3, 0.4) is 0 Å². The van der Waals surface area contributed by atoms with Crippen LogP contribution in [0.15, 0.2) is 48.5 Å². The van der Waals surface area contributed by atoms with Crippen molar-refractivity contribution in [2.75, 3.05) is 57.3 Å². The lowest BCUT2D eigenvalue weighted by atomic mass is 9.90. The molecule has 2 N–H and O–H groups in total. The van der Waals surface area contributed by atoms with E-state index < -0.39 is 17.0 Å². The molecule has 2 aromatic carbocycles. The number of rotatable bonds is 6. The zero-order valence-electron chi connectivity index (χ0n) is 20.0. The fraction of sp³-hybridized carbons (Fsp3) is 0.500. The fourth-order valence-corrected chi connectivity index (χ4v) is 4.96. The topological polar surface area (TPSA) is 76.5 Å². The standard InChI is InChI=1S/C26H33F2N3O4/c1-20(32)31-14-13-29(17-26(34,18-31)19-35-22-6-4-5-21(27)15-22)16-25(33)9-11-30(12-10-25)24-8-3-2-7-23(24)28/h2-8,15,33-34H,9-14,16-19H2,1H3. The maximum atomic E-state index is 14.2. The highest BCUT2D eigenvalue weighted by molar-refractivity contribution is 5.73. The number of amides is 1. The number of carbonyl (C=O) groups excluding carboxylic acids is 1. The SMILES string of the molecule is CC(=O)N1CCN(CC2(O)CCN(c3ccccc3F)CC2)CC(O)(COc2cccc(F)c2)C1. The first-order valence-electron chi connectivity index (χ1n) is 12.0. The fourth-order valence-electron chi connectivity index (χ4n) is 4.96. The molecule has 0 aromatic heterocycles. The average molecular weight is 490 g/mol. The summed E-state index contributed by atoms with van der Waals surface area (Å²) in [5.74, 6) is -0.583. The van der Waals surface area contributed by atoms with Crippen LogP contribution in [0.25, 0.3) is 0 Å². The van der Waals surface area contributed by atoms with Gasteiger partial charge in [0.25, 0.3) is 0 Å². The van der Waals surface area contributed by atoms with Gasteiger partial charge in [0.05, 0.1) is 17.8 Å². The molecule has 2 aromatic rings. The van der Waals surface area contributed by atoms with Crippen molar-refractivity contribution in [2.45, 2.75) is 31.0 Å². The first-order valence-corrected chi connectivity index (χ1v) is 12.0. The molecule has 1 amide bonds. The van der Waals surface area contributed by atoms with Crippen molar-refractivity contribution in [3.63, 3.8) is 0 Å². The molecule has 4 rings (SSSR count). The number of piperidine rings is 1. The third-order valence-electron chi connectivity index (χ3n) is 6.84. The van der Waals surface area contributed by atoms with Gasteiger partial charge in [-0.25, -0.2) is 8.78 Å². The second-order valence-electron chi connectivity index (χ2n) is 9.78. The number of hydrogen-bond donors (Lipinski definition) is 2. The summed E-state index contributed by atoms with van der Waals surface area (Å²) in [5, 5.41) is 22.8. The molecule has 190 valence electrons. The van der Waals surface area contributed by atoms with Crippen LogP contribution in [0.4, 0.5) is 14.5 Å². The van der Waals surface area contributed by atoms with E-state index in [1.165, 1.54) is 31.2 Å². The van der Waals surface area contributed by atoms with Gasteiger partial charge in [-0.3, -0.25) is 9.69 Å². The van der Waals surface area contributed by atoms with Gasteiger partial charge in [-0.1, -0.05) is 18.2 Å². The summed E-state index contributed by atoms with van der Waals surface area (Å²) >= 11 is 0. The molecule has 0 bridgehead atoms. The third kappa shape index (κ3) is 6.48. The Hall–Kier alpha value is -2.75. The first kappa shape index (κ1) is 25.3. The van der Waals surface area contributed by atoms with Crippen molar-refractivity contribution in [3.05, 3.63) is 60.2 Å². The molecule has 2 saturated heterocycles. The minimum atomic E-state index is -1.40. The number of hydrogen-bond acceptors (Lipinski definition) is 6. The minimum absolute atomic E-state index is 0.0770. The van der Waals surface area contributed by atoms with Gasteiger partial charge in [0.1, 0.15) is 29.6 Å². The van der Waals surface area contributed by atoms with E-state index in [2.05, 4.69) is 0 Å². The number of ether oxygens (including phenoxy) is 1. The van der Waals surface area contributed by atoms with Crippen LogP contribution in [0.2, 0.25) is 0 Å². The Kier molecular flexibility index (Phi) is 7.59. The number of halogens is 2. The predicted molar refractivity (Wildman–Crippen MR) is 128 cm³/mol. The van der Waals surface area contributed by atoms with E-state index in [4.69, 9.17) is 4.74 Å². The molecule has 0 spiro atoms. The number of nitrogens with zero attached hydrogens (tertiary/aromatic N) is 3. The Balaban J connectivity index is 1.41. The monoisotopic (exact) mass is 489 g/mol. The van der Waals surface area contributed by atoms with Crippen LogP contribution in [0.5, 0.6) is 5.75 Å². The van der Waals surface area contributed by atoms with Crippen molar-refractivity contribution in [1.29, 1.82) is 0 Å². The Morgan fingerprint density at radius 3 is 2.40 bits per heavy atom. The van der Waals surface area contributed by atoms with Gasteiger partial charge in [0, 0.05) is 52.3 Å². The summed E-state index contributed by atoms with van der Waals surface area (Å²) in [6.07, 6.45) is 0.902. The van der Waals surface area contributed by atoms with E-state index >= 15 is 0 Å². The lowest BCUT2D eigenvalue weighted by molar-refractivity contribution is -0.132. The van der Waals surface area contributed by atoms with E-state index in [1.54, 1.807) is 29.2 Å². The van der Waals surface area contributed by atoms with Gasteiger partial charge in [0.15, 0.2) is 0 Å². The Morgan fingerprint density at radius 1 is 0.971 bits per heavy atom. The summed E-state index contributed by atoms with van der Waals surface area (Å²) in [6.45, 7) is 3.82. The normalized spacial score (nSPS) is 23.1. The zero-order valence-corrected chi connectivity index (χ0v) is 20.0. The Morgan fingerprint density at radius 2 is 1.71 bits per heavy atom. The molecule has 0 saturated carbocycles. The van der Waals surface area contributed by atoms with Gasteiger partial charge in [0.2, 0.25) is 5.91 Å². The van der Waals surface area contributed by atoms with Crippen molar-refractivity contribution in [1.82, 2.24) is 9.80 Å². The zero-order chi connectivity index (χ0) is 25.1. The second kappa shape index (κ2) is 10.5. The highest BCUT2D eigenvalue weighted by Crippen LogP contribution is 2.30. The van der Waals surface area contributed by atoms with E-state index in [1.807, 2.05) is 9.80 Å². The molecule has 2 aliphatic heterocycles. The highest BCUT2D eigenvalue weighted by atomic mass is 19.1. The summed E-state index contributed by atoms with van der Waals surface area (Å²) in [7, 11) is 0. The number of aliphatic hydroxyl groups is 2. The van der Waals surface area contributed by atoms with Crippen LogP contribution in [0.1, 0.15) is 19.8 Å². The third-order valence-corrected chi connectivity index (χ3v) is 6.84. The average Bonchev–Trinajstić information content (AvgIpc) is 2.98. The van der Waals surface area contributed by atoms with Gasteiger partial charge < -0.3 is 24.7 Å². The molecule has 1 unspecified atom stereocenters. The summed E-state index contributed by atoms with van der Waals surface area (Å²) in [5.41, 5.74) is -1.87. The van der Waals surface area contributed by atoms with Crippen LogP contribution in [-0.2, 0) is 4.79 Å². The molecule has 2 aliphatic rings. The lowest BCUT2D eigenvalue weighted by Gasteiger charge is -2.42. The van der Waals surface area contributed by atoms with Crippen LogP contribution < -0.4 is 9.64 Å². The van der Waals surface area contributed by atoms with Crippen molar-refractivity contribution in [2.24, 2.45) is 0 Å². The molecule has 0 radical (unpaired) electrons. The number of anilines is 1. The van der Waals surface area contributed by atoms with Crippen LogP contribution >= 0.6 is 0 Å². The van der Waals surface area contributed by atoms with Gasteiger partial charge in [-0.15, -0.1) is 0 Å². The quantitative estimate of drug-likeness (QED) is 0.649. The molecule has 7 nitrogen and oxygen atoms in total. The molecule has 35 heavy (non-hydrogen) atoms. The predicted octanol–water partition coefficient (Wildman–Crippen LogP) is 2.27. The molecule has 0 aliphatic carbocycles.